The molecule has 1 aliphatic heterocycles. The molecule has 1 fully saturated rings. The van der Waals surface area contributed by atoms with Crippen LogP contribution in [0.3, 0.4) is 0 Å². The first-order chi connectivity index (χ1) is 16.0. The maximum absolute atomic E-state index is 14.3. The van der Waals surface area contributed by atoms with E-state index in [1.807, 2.05) is 12.1 Å². The molecule has 33 heavy (non-hydrogen) atoms. The molecule has 1 N–H and O–H groups in total. The highest BCUT2D eigenvalue weighted by molar-refractivity contribution is 9.10. The molecule has 7 nitrogen and oxygen atoms in total. The number of aromatic nitrogens is 2. The summed E-state index contributed by atoms with van der Waals surface area (Å²) in [5.41, 5.74) is 1.02. The van der Waals surface area contributed by atoms with Crippen molar-refractivity contribution >= 4 is 38.3 Å². The molecule has 1 saturated heterocycles. The quantitative estimate of drug-likeness (QED) is 0.434. The smallest absolute Gasteiger partial charge is 0.163 e. The summed E-state index contributed by atoms with van der Waals surface area (Å²) in [6.07, 6.45) is 3.59. The third-order valence-corrected chi connectivity index (χ3v) is 6.29. The maximum atomic E-state index is 14.3. The minimum Gasteiger partial charge on any atom is -0.493 e. The fraction of sp³-hybridized carbons (Fsp3) is 0.417. The lowest BCUT2D eigenvalue weighted by Crippen LogP contribution is -2.30. The molecule has 2 aromatic carbocycles. The second-order valence-corrected chi connectivity index (χ2v) is 9.11. The van der Waals surface area contributed by atoms with E-state index in [1.54, 1.807) is 19.2 Å². The van der Waals surface area contributed by atoms with Crippen LogP contribution in [0.1, 0.15) is 12.8 Å². The Morgan fingerprint density at radius 3 is 2.79 bits per heavy atom. The van der Waals surface area contributed by atoms with Crippen LogP contribution in [-0.4, -0.2) is 73.3 Å². The van der Waals surface area contributed by atoms with Gasteiger partial charge in [-0.25, -0.2) is 14.4 Å². The van der Waals surface area contributed by atoms with Gasteiger partial charge in [-0.1, -0.05) is 15.9 Å². The zero-order valence-electron chi connectivity index (χ0n) is 19.0. The predicted octanol–water partition coefficient (Wildman–Crippen LogP) is 4.69. The first kappa shape index (κ1) is 23.7. The van der Waals surface area contributed by atoms with Gasteiger partial charge in [0.15, 0.2) is 11.5 Å². The van der Waals surface area contributed by atoms with Crippen LogP contribution in [0.5, 0.6) is 11.5 Å². The number of hydrogen-bond donors (Lipinski definition) is 1. The van der Waals surface area contributed by atoms with Gasteiger partial charge in [-0.15, -0.1) is 0 Å². The number of methoxy groups -OCH3 is 1. The molecule has 0 unspecified atom stereocenters. The van der Waals surface area contributed by atoms with Crippen LogP contribution in [0.15, 0.2) is 41.1 Å². The SMILES string of the molecule is COc1cc2c(Nc3ccc(Br)cc3F)ncnc2cc1OCCCN1CCCN(C)CC1. The highest BCUT2D eigenvalue weighted by Crippen LogP contribution is 2.35. The summed E-state index contributed by atoms with van der Waals surface area (Å²) in [7, 11) is 3.78. The van der Waals surface area contributed by atoms with Crippen molar-refractivity contribution in [1.29, 1.82) is 0 Å². The molecule has 176 valence electrons. The van der Waals surface area contributed by atoms with Crippen molar-refractivity contribution in [3.05, 3.63) is 46.9 Å². The third kappa shape index (κ3) is 6.10. The zero-order valence-corrected chi connectivity index (χ0v) is 20.6. The lowest BCUT2D eigenvalue weighted by Gasteiger charge is -2.20. The van der Waals surface area contributed by atoms with Crippen LogP contribution in [-0.2, 0) is 0 Å². The number of anilines is 2. The van der Waals surface area contributed by atoms with Crippen LogP contribution < -0.4 is 14.8 Å². The Hall–Kier alpha value is -2.49. The standard InChI is InChI=1S/C24H29BrFN5O2/c1-30-7-3-8-31(11-10-30)9-4-12-33-23-15-21-18(14-22(23)32-2)24(28-16-27-21)29-20-6-5-17(25)13-19(20)26/h5-6,13-16H,3-4,7-12H2,1-2H3,(H,27,28,29). The van der Waals surface area contributed by atoms with Gasteiger partial charge in [0.25, 0.3) is 0 Å². The molecule has 0 aliphatic carbocycles. The topological polar surface area (TPSA) is 62.8 Å². The zero-order chi connectivity index (χ0) is 23.2. The average molecular weight is 518 g/mol. The molecule has 2 heterocycles. The summed E-state index contributed by atoms with van der Waals surface area (Å²) in [5.74, 6) is 1.35. The van der Waals surface area contributed by atoms with Gasteiger partial charge in [0.2, 0.25) is 0 Å². The van der Waals surface area contributed by atoms with Crippen molar-refractivity contribution in [3.63, 3.8) is 0 Å². The largest absolute Gasteiger partial charge is 0.493 e. The summed E-state index contributed by atoms with van der Waals surface area (Å²) in [5, 5.41) is 3.78. The number of nitrogens with zero attached hydrogens (tertiary/aromatic N) is 4. The second kappa shape index (κ2) is 11.1. The number of hydrogen-bond acceptors (Lipinski definition) is 7. The Morgan fingerprint density at radius 2 is 1.97 bits per heavy atom. The summed E-state index contributed by atoms with van der Waals surface area (Å²) >= 11 is 3.27. The molecule has 3 aromatic rings. The minimum atomic E-state index is -0.376. The molecule has 0 radical (unpaired) electrons. The van der Waals surface area contributed by atoms with Crippen LogP contribution in [0, 0.1) is 5.82 Å². The molecule has 1 aromatic heterocycles. The highest BCUT2D eigenvalue weighted by atomic mass is 79.9. The minimum absolute atomic E-state index is 0.331. The van der Waals surface area contributed by atoms with Gasteiger partial charge in [0.05, 0.1) is 24.9 Å². The Balaban J connectivity index is 1.45. The number of ether oxygens (including phenoxy) is 2. The number of benzene rings is 2. The molecule has 9 heteroatoms. The Morgan fingerprint density at radius 1 is 1.09 bits per heavy atom. The first-order valence-electron chi connectivity index (χ1n) is 11.1. The second-order valence-electron chi connectivity index (χ2n) is 8.19. The first-order valence-corrected chi connectivity index (χ1v) is 11.9. The van der Waals surface area contributed by atoms with Gasteiger partial charge in [-0.2, -0.15) is 0 Å². The normalized spacial score (nSPS) is 15.4. The van der Waals surface area contributed by atoms with Gasteiger partial charge in [0, 0.05) is 35.6 Å². The maximum Gasteiger partial charge on any atom is 0.163 e. The summed E-state index contributed by atoms with van der Waals surface area (Å²) in [6.45, 7) is 6.11. The van der Waals surface area contributed by atoms with E-state index in [1.165, 1.54) is 18.8 Å². The van der Waals surface area contributed by atoms with Crippen molar-refractivity contribution in [3.8, 4) is 11.5 Å². The summed E-state index contributed by atoms with van der Waals surface area (Å²) in [6, 6.07) is 8.51. The molecule has 0 atom stereocenters. The van der Waals surface area contributed by atoms with Crippen molar-refractivity contribution in [1.82, 2.24) is 19.8 Å². The van der Waals surface area contributed by atoms with E-state index in [4.69, 9.17) is 9.47 Å². The summed E-state index contributed by atoms with van der Waals surface area (Å²) in [4.78, 5) is 13.6. The number of nitrogens with one attached hydrogen (secondary N) is 1. The van der Waals surface area contributed by atoms with E-state index < -0.39 is 0 Å². The van der Waals surface area contributed by atoms with E-state index >= 15 is 0 Å². The van der Waals surface area contributed by atoms with Crippen molar-refractivity contribution in [2.75, 3.05) is 58.8 Å². The van der Waals surface area contributed by atoms with Crippen LogP contribution in [0.4, 0.5) is 15.9 Å². The van der Waals surface area contributed by atoms with E-state index in [0.717, 1.165) is 44.5 Å². The fourth-order valence-corrected chi connectivity index (χ4v) is 4.28. The summed E-state index contributed by atoms with van der Waals surface area (Å²) < 4.78 is 26.6. The van der Waals surface area contributed by atoms with Crippen molar-refractivity contribution in [2.24, 2.45) is 0 Å². The van der Waals surface area contributed by atoms with Gasteiger partial charge < -0.3 is 24.6 Å². The van der Waals surface area contributed by atoms with Crippen LogP contribution in [0.25, 0.3) is 10.9 Å². The van der Waals surface area contributed by atoms with Gasteiger partial charge in [0.1, 0.15) is 18.0 Å². The number of halogens is 2. The average Bonchev–Trinajstić information content (AvgIpc) is 3.02. The number of fused-ring (bicyclic) bond motifs is 1. The monoisotopic (exact) mass is 517 g/mol. The molecule has 0 amide bonds. The molecule has 4 rings (SSSR count). The van der Waals surface area contributed by atoms with Crippen LogP contribution >= 0.6 is 15.9 Å². The van der Waals surface area contributed by atoms with E-state index in [2.05, 4.69) is 48.1 Å². The highest BCUT2D eigenvalue weighted by Gasteiger charge is 2.14. The lowest BCUT2D eigenvalue weighted by molar-refractivity contribution is 0.233. The fourth-order valence-electron chi connectivity index (χ4n) is 3.95. The molecular formula is C24H29BrFN5O2. The molecule has 0 spiro atoms. The molecule has 0 saturated carbocycles. The van der Waals surface area contributed by atoms with Gasteiger partial charge >= 0.3 is 0 Å². The van der Waals surface area contributed by atoms with Gasteiger partial charge in [-0.05, 0) is 57.2 Å². The predicted molar refractivity (Wildman–Crippen MR) is 132 cm³/mol. The van der Waals surface area contributed by atoms with Crippen molar-refractivity contribution in [2.45, 2.75) is 12.8 Å². The third-order valence-electron chi connectivity index (χ3n) is 5.79. The number of likely N-dealkylation sites (N-methyl/N-ethyl adjacent to an activating group) is 1. The van der Waals surface area contributed by atoms with E-state index in [0.29, 0.717) is 39.6 Å². The Bertz CT molecular complexity index is 1100. The Labute approximate surface area is 202 Å². The van der Waals surface area contributed by atoms with Gasteiger partial charge in [-0.3, -0.25) is 0 Å². The van der Waals surface area contributed by atoms with E-state index in [9.17, 15) is 4.39 Å². The Kier molecular flexibility index (Phi) is 7.95. The molecule has 1 aliphatic rings. The van der Waals surface area contributed by atoms with Crippen molar-refractivity contribution < 1.29 is 13.9 Å². The number of rotatable bonds is 8. The van der Waals surface area contributed by atoms with E-state index in [-0.39, 0.29) is 5.82 Å². The molecular weight excluding hydrogens is 489 g/mol. The van der Waals surface area contributed by atoms with Crippen LogP contribution in [0.2, 0.25) is 0 Å². The lowest BCUT2D eigenvalue weighted by atomic mass is 10.2. The molecule has 0 bridgehead atoms.